The van der Waals surface area contributed by atoms with E-state index in [0.717, 1.165) is 25.3 Å². The summed E-state index contributed by atoms with van der Waals surface area (Å²) in [7, 11) is 0. The number of carbonyl (C=O) groups is 1. The number of unbranched alkanes of at least 4 members (excludes halogenated alkanes) is 1. The second-order valence-corrected chi connectivity index (χ2v) is 6.99. The molecule has 3 nitrogen and oxygen atoms in total. The molecule has 0 spiro atoms. The lowest BCUT2D eigenvalue weighted by atomic mass is 10.0. The van der Waals surface area contributed by atoms with Gasteiger partial charge in [-0.05, 0) is 78.8 Å². The van der Waals surface area contributed by atoms with E-state index in [1.54, 1.807) is 0 Å². The minimum absolute atomic E-state index is 0.154. The molecule has 22 heavy (non-hydrogen) atoms. The summed E-state index contributed by atoms with van der Waals surface area (Å²) in [5.41, 5.74) is 0.478. The first kappa shape index (κ1) is 17.4. The van der Waals surface area contributed by atoms with Crippen molar-refractivity contribution in [2.75, 3.05) is 26.2 Å². The van der Waals surface area contributed by atoms with Gasteiger partial charge in [-0.15, -0.1) is 0 Å². The van der Waals surface area contributed by atoms with Crippen LogP contribution in [0.4, 0.5) is 4.39 Å². The van der Waals surface area contributed by atoms with Gasteiger partial charge in [0.05, 0.1) is 5.56 Å². The molecule has 0 aromatic heterocycles. The van der Waals surface area contributed by atoms with Crippen molar-refractivity contribution >= 4 is 21.8 Å². The van der Waals surface area contributed by atoms with Crippen LogP contribution in [0, 0.1) is 11.7 Å². The molecule has 1 heterocycles. The lowest BCUT2D eigenvalue weighted by Gasteiger charge is -2.30. The van der Waals surface area contributed by atoms with Gasteiger partial charge in [-0.1, -0.05) is 6.92 Å². The van der Waals surface area contributed by atoms with Crippen LogP contribution in [0.2, 0.25) is 0 Å². The molecule has 5 heteroatoms. The van der Waals surface area contributed by atoms with Crippen molar-refractivity contribution in [2.45, 2.75) is 32.6 Å². The molecule has 1 amide bonds. The van der Waals surface area contributed by atoms with E-state index >= 15 is 0 Å². The molecule has 1 aromatic rings. The van der Waals surface area contributed by atoms with Gasteiger partial charge in [-0.25, -0.2) is 4.39 Å². The van der Waals surface area contributed by atoms with Gasteiger partial charge in [0, 0.05) is 17.6 Å². The summed E-state index contributed by atoms with van der Waals surface area (Å²) < 4.78 is 13.5. The molecule has 2 rings (SSSR count). The number of likely N-dealkylation sites (tertiary alicyclic amines) is 1. The number of amides is 1. The van der Waals surface area contributed by atoms with E-state index in [9.17, 15) is 9.18 Å². The summed E-state index contributed by atoms with van der Waals surface area (Å²) in [4.78, 5) is 14.5. The Morgan fingerprint density at radius 1 is 1.45 bits per heavy atom. The van der Waals surface area contributed by atoms with Crippen LogP contribution in [-0.2, 0) is 0 Å². The SMILES string of the molecule is CC1CCCN(CCCCNC(=O)c2ccc(F)cc2Br)C1. The number of nitrogens with zero attached hydrogens (tertiary/aromatic N) is 1. The van der Waals surface area contributed by atoms with Crippen LogP contribution in [-0.4, -0.2) is 37.0 Å². The van der Waals surface area contributed by atoms with E-state index in [-0.39, 0.29) is 11.7 Å². The average Bonchev–Trinajstić information content (AvgIpc) is 2.46. The van der Waals surface area contributed by atoms with Gasteiger partial charge in [0.2, 0.25) is 0 Å². The molecule has 0 bridgehead atoms. The van der Waals surface area contributed by atoms with Gasteiger partial charge in [0.1, 0.15) is 5.82 Å². The van der Waals surface area contributed by atoms with Crippen molar-refractivity contribution in [3.05, 3.63) is 34.1 Å². The first-order chi connectivity index (χ1) is 10.6. The number of nitrogens with one attached hydrogen (secondary N) is 1. The molecular weight excluding hydrogens is 347 g/mol. The van der Waals surface area contributed by atoms with Gasteiger partial charge in [-0.2, -0.15) is 0 Å². The normalized spacial score (nSPS) is 19.1. The van der Waals surface area contributed by atoms with E-state index in [4.69, 9.17) is 0 Å². The van der Waals surface area contributed by atoms with Crippen molar-refractivity contribution in [1.29, 1.82) is 0 Å². The van der Waals surface area contributed by atoms with Gasteiger partial charge in [0.15, 0.2) is 0 Å². The fourth-order valence-electron chi connectivity index (χ4n) is 2.92. The van der Waals surface area contributed by atoms with Crippen LogP contribution in [0.1, 0.15) is 43.0 Å². The maximum absolute atomic E-state index is 13.0. The van der Waals surface area contributed by atoms with Crippen LogP contribution in [0.25, 0.3) is 0 Å². The highest BCUT2D eigenvalue weighted by molar-refractivity contribution is 9.10. The Hall–Kier alpha value is -0.940. The largest absolute Gasteiger partial charge is 0.352 e. The molecule has 1 N–H and O–H groups in total. The van der Waals surface area contributed by atoms with Crippen molar-refractivity contribution in [1.82, 2.24) is 10.2 Å². The van der Waals surface area contributed by atoms with Crippen molar-refractivity contribution in [3.8, 4) is 0 Å². The Labute approximate surface area is 140 Å². The summed E-state index contributed by atoms with van der Waals surface area (Å²) in [6.07, 6.45) is 4.71. The molecule has 1 atom stereocenters. The van der Waals surface area contributed by atoms with Gasteiger partial charge < -0.3 is 10.2 Å². The van der Waals surface area contributed by atoms with Crippen LogP contribution in [0.3, 0.4) is 0 Å². The van der Waals surface area contributed by atoms with Crippen molar-refractivity contribution in [3.63, 3.8) is 0 Å². The molecule has 1 unspecified atom stereocenters. The molecule has 1 saturated heterocycles. The first-order valence-corrected chi connectivity index (χ1v) is 8.81. The first-order valence-electron chi connectivity index (χ1n) is 8.02. The summed E-state index contributed by atoms with van der Waals surface area (Å²) in [6, 6.07) is 4.12. The molecule has 0 radical (unpaired) electrons. The predicted octanol–water partition coefficient (Wildman–Crippen LogP) is 3.83. The molecule has 1 aromatic carbocycles. The number of hydrogen-bond donors (Lipinski definition) is 1. The van der Waals surface area contributed by atoms with E-state index < -0.39 is 0 Å². The second-order valence-electron chi connectivity index (χ2n) is 6.14. The van der Waals surface area contributed by atoms with Crippen LogP contribution in [0.5, 0.6) is 0 Å². The Bertz CT molecular complexity index is 509. The molecule has 1 fully saturated rings. The maximum atomic E-state index is 13.0. The minimum Gasteiger partial charge on any atom is -0.352 e. The predicted molar refractivity (Wildman–Crippen MR) is 90.5 cm³/mol. The van der Waals surface area contributed by atoms with Crippen LogP contribution in [0.15, 0.2) is 22.7 Å². The smallest absolute Gasteiger partial charge is 0.252 e. The van der Waals surface area contributed by atoms with E-state index in [2.05, 4.69) is 33.1 Å². The third kappa shape index (κ3) is 5.36. The zero-order valence-corrected chi connectivity index (χ0v) is 14.7. The Morgan fingerprint density at radius 3 is 3.00 bits per heavy atom. The van der Waals surface area contributed by atoms with Gasteiger partial charge in [-0.3, -0.25) is 4.79 Å². The third-order valence-corrected chi connectivity index (χ3v) is 4.76. The molecular formula is C17H24BrFN2O. The van der Waals surface area contributed by atoms with Crippen LogP contribution < -0.4 is 5.32 Å². The molecule has 122 valence electrons. The zero-order valence-electron chi connectivity index (χ0n) is 13.1. The van der Waals surface area contributed by atoms with E-state index in [1.165, 1.54) is 44.1 Å². The standard InChI is InChI=1S/C17H24BrFN2O/c1-13-5-4-10-21(12-13)9-3-2-8-20-17(22)15-7-6-14(19)11-16(15)18/h6-7,11,13H,2-5,8-10,12H2,1H3,(H,20,22). The number of benzene rings is 1. The lowest BCUT2D eigenvalue weighted by molar-refractivity contribution is 0.0951. The molecule has 0 saturated carbocycles. The van der Waals surface area contributed by atoms with Gasteiger partial charge in [0.25, 0.3) is 5.91 Å². The lowest BCUT2D eigenvalue weighted by Crippen LogP contribution is -2.35. The third-order valence-electron chi connectivity index (χ3n) is 4.10. The summed E-state index contributed by atoms with van der Waals surface area (Å²) in [5.74, 6) is 0.307. The quantitative estimate of drug-likeness (QED) is 0.771. The number of hydrogen-bond acceptors (Lipinski definition) is 2. The highest BCUT2D eigenvalue weighted by atomic mass is 79.9. The number of rotatable bonds is 6. The highest BCUT2D eigenvalue weighted by Crippen LogP contribution is 2.18. The summed E-state index contributed by atoms with van der Waals surface area (Å²) >= 11 is 3.22. The number of carbonyl (C=O) groups excluding carboxylic acids is 1. The number of piperidine rings is 1. The van der Waals surface area contributed by atoms with Crippen LogP contribution >= 0.6 is 15.9 Å². The molecule has 0 aliphatic carbocycles. The van der Waals surface area contributed by atoms with E-state index in [0.29, 0.717) is 16.6 Å². The Balaban J connectivity index is 1.65. The molecule has 1 aliphatic heterocycles. The monoisotopic (exact) mass is 370 g/mol. The molecule has 1 aliphatic rings. The Morgan fingerprint density at radius 2 is 2.27 bits per heavy atom. The van der Waals surface area contributed by atoms with Gasteiger partial charge >= 0.3 is 0 Å². The Kier molecular flexibility index (Phi) is 6.83. The zero-order chi connectivity index (χ0) is 15.9. The summed E-state index contributed by atoms with van der Waals surface area (Å²) in [6.45, 7) is 6.49. The summed E-state index contributed by atoms with van der Waals surface area (Å²) in [5, 5.41) is 2.90. The van der Waals surface area contributed by atoms with Crippen molar-refractivity contribution < 1.29 is 9.18 Å². The van der Waals surface area contributed by atoms with Crippen molar-refractivity contribution in [2.24, 2.45) is 5.92 Å². The number of halogens is 2. The minimum atomic E-state index is -0.348. The highest BCUT2D eigenvalue weighted by Gasteiger charge is 2.15. The fourth-order valence-corrected chi connectivity index (χ4v) is 3.45. The second kappa shape index (κ2) is 8.63. The average molecular weight is 371 g/mol. The topological polar surface area (TPSA) is 32.3 Å². The fraction of sp³-hybridized carbons (Fsp3) is 0.588. The maximum Gasteiger partial charge on any atom is 0.252 e. The van der Waals surface area contributed by atoms with E-state index in [1.807, 2.05) is 0 Å².